The van der Waals surface area contributed by atoms with Gasteiger partial charge in [-0.3, -0.25) is 4.79 Å². The van der Waals surface area contributed by atoms with Crippen molar-refractivity contribution in [1.29, 1.82) is 0 Å². The standard InChI is InChI=1S/C28H55NO11/c1-2-3-4-5-6-7-8-9-10-11-12-13-14-15-16-29-27(38)24(36)23(35)26(19(32)17-30)40-28-25(37)22(34)21(33)20(18-31)39-28/h19-26,28,30-37H,2-18H2,1H3,(H,29,38)/t19-,20?,21+,22+,23-,24-,25?,26-,28+/m1/s1. The molecule has 1 fully saturated rings. The molecule has 1 rings (SSSR count). The van der Waals surface area contributed by atoms with E-state index in [4.69, 9.17) is 9.47 Å². The number of carbonyl (C=O) groups excluding carboxylic acids is 1. The van der Waals surface area contributed by atoms with Crippen molar-refractivity contribution in [3.05, 3.63) is 0 Å². The molecular weight excluding hydrogens is 526 g/mol. The van der Waals surface area contributed by atoms with Crippen LogP contribution in [0.2, 0.25) is 0 Å². The van der Waals surface area contributed by atoms with Crippen molar-refractivity contribution in [2.24, 2.45) is 0 Å². The molecular formula is C28H55NO11. The summed E-state index contributed by atoms with van der Waals surface area (Å²) >= 11 is 0. The monoisotopic (exact) mass is 581 g/mol. The first-order valence-corrected chi connectivity index (χ1v) is 15.1. The summed E-state index contributed by atoms with van der Waals surface area (Å²) in [5.74, 6) is -0.908. The number of rotatable bonds is 23. The zero-order valence-corrected chi connectivity index (χ0v) is 24.0. The third kappa shape index (κ3) is 13.4. The summed E-state index contributed by atoms with van der Waals surface area (Å²) < 4.78 is 10.5. The van der Waals surface area contributed by atoms with E-state index in [1.165, 1.54) is 64.2 Å². The van der Waals surface area contributed by atoms with Crippen LogP contribution in [0.15, 0.2) is 0 Å². The summed E-state index contributed by atoms with van der Waals surface area (Å²) in [5, 5.41) is 82.1. The van der Waals surface area contributed by atoms with E-state index in [2.05, 4.69) is 12.2 Å². The summed E-state index contributed by atoms with van der Waals surface area (Å²) in [5.41, 5.74) is 0. The van der Waals surface area contributed by atoms with E-state index >= 15 is 0 Å². The van der Waals surface area contributed by atoms with E-state index in [0.29, 0.717) is 6.42 Å². The van der Waals surface area contributed by atoms with Gasteiger partial charge in [0, 0.05) is 6.54 Å². The summed E-state index contributed by atoms with van der Waals surface area (Å²) in [6.45, 7) is 0.853. The molecule has 0 bridgehead atoms. The molecule has 9 atom stereocenters. The maximum absolute atomic E-state index is 12.4. The van der Waals surface area contributed by atoms with E-state index in [9.17, 15) is 45.6 Å². The van der Waals surface area contributed by atoms with Gasteiger partial charge in [0.2, 0.25) is 0 Å². The molecule has 1 aliphatic heterocycles. The second-order valence-corrected chi connectivity index (χ2v) is 10.9. The Balaban J connectivity index is 2.32. The largest absolute Gasteiger partial charge is 0.394 e. The SMILES string of the molecule is CCCCCCCCCCCCCCCCNC(=O)[C@H](O)[C@@H](O)[C@H](O[C@@H]1OC(CO)[C@H](O)[C@H](O)C1O)[C@H](O)CO. The highest BCUT2D eigenvalue weighted by Crippen LogP contribution is 2.25. The Kier molecular flexibility index (Phi) is 20.1. The third-order valence-electron chi connectivity index (χ3n) is 7.46. The van der Waals surface area contributed by atoms with Crippen molar-refractivity contribution < 1.29 is 55.1 Å². The van der Waals surface area contributed by atoms with Crippen molar-refractivity contribution >= 4 is 5.91 Å². The molecule has 0 aliphatic carbocycles. The van der Waals surface area contributed by atoms with Gasteiger partial charge in [0.25, 0.3) is 5.91 Å². The fourth-order valence-electron chi connectivity index (χ4n) is 4.81. The minimum absolute atomic E-state index is 0.279. The molecule has 0 saturated carbocycles. The molecule has 1 aliphatic rings. The smallest absolute Gasteiger partial charge is 0.251 e. The van der Waals surface area contributed by atoms with Gasteiger partial charge in [-0.1, -0.05) is 90.4 Å². The lowest BCUT2D eigenvalue weighted by Gasteiger charge is -2.42. The van der Waals surface area contributed by atoms with Crippen molar-refractivity contribution in [3.8, 4) is 0 Å². The summed E-state index contributed by atoms with van der Waals surface area (Å²) in [4.78, 5) is 12.4. The molecule has 1 amide bonds. The maximum atomic E-state index is 12.4. The number of unbranched alkanes of at least 4 members (excludes halogenated alkanes) is 13. The topological polar surface area (TPSA) is 209 Å². The lowest BCUT2D eigenvalue weighted by atomic mass is 9.98. The van der Waals surface area contributed by atoms with E-state index in [1.807, 2.05) is 0 Å². The number of ether oxygens (including phenoxy) is 2. The lowest BCUT2D eigenvalue weighted by molar-refractivity contribution is -0.326. The first kappa shape index (κ1) is 37.1. The lowest BCUT2D eigenvalue weighted by Crippen LogP contribution is -2.62. The van der Waals surface area contributed by atoms with Gasteiger partial charge < -0.3 is 55.6 Å². The number of nitrogens with one attached hydrogen (secondary N) is 1. The van der Waals surface area contributed by atoms with Gasteiger partial charge in [-0.2, -0.15) is 0 Å². The van der Waals surface area contributed by atoms with Gasteiger partial charge in [0.05, 0.1) is 13.2 Å². The van der Waals surface area contributed by atoms with Crippen LogP contribution in [-0.2, 0) is 14.3 Å². The minimum atomic E-state index is -2.04. The van der Waals surface area contributed by atoms with E-state index in [0.717, 1.165) is 19.3 Å². The molecule has 0 aromatic carbocycles. The molecule has 1 heterocycles. The molecule has 12 heteroatoms. The third-order valence-corrected chi connectivity index (χ3v) is 7.46. The molecule has 0 radical (unpaired) electrons. The number of hydrogen-bond acceptors (Lipinski definition) is 11. The summed E-state index contributed by atoms with van der Waals surface area (Å²) in [6, 6.07) is 0. The number of aliphatic hydroxyl groups excluding tert-OH is 8. The second kappa shape index (κ2) is 21.7. The molecule has 12 nitrogen and oxygen atoms in total. The molecule has 0 aromatic heterocycles. The number of hydrogen-bond donors (Lipinski definition) is 9. The molecule has 40 heavy (non-hydrogen) atoms. The minimum Gasteiger partial charge on any atom is -0.394 e. The van der Waals surface area contributed by atoms with Gasteiger partial charge in [-0.15, -0.1) is 0 Å². The van der Waals surface area contributed by atoms with Gasteiger partial charge in [-0.25, -0.2) is 0 Å². The van der Waals surface area contributed by atoms with Gasteiger partial charge in [-0.05, 0) is 6.42 Å². The quantitative estimate of drug-likeness (QED) is 0.0724. The normalized spacial score (nSPS) is 26.3. The zero-order chi connectivity index (χ0) is 29.9. The fraction of sp³-hybridized carbons (Fsp3) is 0.964. The summed E-state index contributed by atoms with van der Waals surface area (Å²) in [6.07, 6.45) is 0.720. The van der Waals surface area contributed by atoms with Crippen LogP contribution in [0.4, 0.5) is 0 Å². The number of carbonyl (C=O) groups is 1. The Morgan fingerprint density at radius 3 is 1.75 bits per heavy atom. The average molecular weight is 582 g/mol. The van der Waals surface area contributed by atoms with Gasteiger partial charge in [0.15, 0.2) is 12.4 Å². The van der Waals surface area contributed by atoms with E-state index in [-0.39, 0.29) is 6.54 Å². The second-order valence-electron chi connectivity index (χ2n) is 10.9. The first-order chi connectivity index (χ1) is 19.2. The van der Waals surface area contributed by atoms with Crippen molar-refractivity contribution in [1.82, 2.24) is 5.32 Å². The fourth-order valence-corrected chi connectivity index (χ4v) is 4.81. The van der Waals surface area contributed by atoms with Crippen molar-refractivity contribution in [2.45, 2.75) is 152 Å². The van der Waals surface area contributed by atoms with Crippen LogP contribution in [0.1, 0.15) is 96.8 Å². The molecule has 0 spiro atoms. The van der Waals surface area contributed by atoms with Crippen LogP contribution in [-0.4, -0.2) is 122 Å². The average Bonchev–Trinajstić information content (AvgIpc) is 2.96. The Bertz CT molecular complexity index is 641. The van der Waals surface area contributed by atoms with Crippen LogP contribution < -0.4 is 5.32 Å². The molecule has 1 saturated heterocycles. The molecule has 2 unspecified atom stereocenters. The maximum Gasteiger partial charge on any atom is 0.251 e. The predicted octanol–water partition coefficient (Wildman–Crippen LogP) is -0.156. The van der Waals surface area contributed by atoms with Crippen molar-refractivity contribution in [3.63, 3.8) is 0 Å². The van der Waals surface area contributed by atoms with Gasteiger partial charge >= 0.3 is 0 Å². The van der Waals surface area contributed by atoms with Gasteiger partial charge in [0.1, 0.15) is 42.7 Å². The Labute approximate surface area is 238 Å². The Morgan fingerprint density at radius 1 is 0.775 bits per heavy atom. The first-order valence-electron chi connectivity index (χ1n) is 15.1. The number of amides is 1. The van der Waals surface area contributed by atoms with Crippen LogP contribution in [0.5, 0.6) is 0 Å². The summed E-state index contributed by atoms with van der Waals surface area (Å²) in [7, 11) is 0. The zero-order valence-electron chi connectivity index (χ0n) is 24.0. The van der Waals surface area contributed by atoms with E-state index < -0.39 is 74.2 Å². The van der Waals surface area contributed by atoms with Crippen LogP contribution in [0, 0.1) is 0 Å². The van der Waals surface area contributed by atoms with E-state index in [1.54, 1.807) is 0 Å². The highest BCUT2D eigenvalue weighted by molar-refractivity contribution is 5.81. The molecule has 0 aromatic rings. The Morgan fingerprint density at radius 2 is 1.27 bits per heavy atom. The number of aliphatic hydroxyl groups is 8. The Hall–Kier alpha value is -0.930. The van der Waals surface area contributed by atoms with Crippen LogP contribution in [0.25, 0.3) is 0 Å². The molecule has 238 valence electrons. The highest BCUT2D eigenvalue weighted by atomic mass is 16.7. The highest BCUT2D eigenvalue weighted by Gasteiger charge is 2.47. The van der Waals surface area contributed by atoms with Crippen LogP contribution in [0.3, 0.4) is 0 Å². The van der Waals surface area contributed by atoms with Crippen LogP contribution >= 0.6 is 0 Å². The van der Waals surface area contributed by atoms with Crippen molar-refractivity contribution in [2.75, 3.05) is 19.8 Å². The predicted molar refractivity (Wildman–Crippen MR) is 147 cm³/mol. The molecule has 9 N–H and O–H groups in total.